The van der Waals surface area contributed by atoms with Crippen LogP contribution in [0.4, 0.5) is 0 Å². The summed E-state index contributed by atoms with van der Waals surface area (Å²) in [6.45, 7) is 5.85. The van der Waals surface area contributed by atoms with Gasteiger partial charge < -0.3 is 10.8 Å². The van der Waals surface area contributed by atoms with Gasteiger partial charge in [-0.2, -0.15) is 5.26 Å². The Morgan fingerprint density at radius 2 is 1.64 bits per heavy atom. The van der Waals surface area contributed by atoms with Crippen molar-refractivity contribution in [3.63, 3.8) is 0 Å². The first-order chi connectivity index (χ1) is 10.4. The molecule has 1 aromatic carbocycles. The van der Waals surface area contributed by atoms with Gasteiger partial charge in [0, 0.05) is 0 Å². The van der Waals surface area contributed by atoms with Gasteiger partial charge in [-0.25, -0.2) is 0 Å². The Bertz CT molecular complexity index is 483. The summed E-state index contributed by atoms with van der Waals surface area (Å²) in [7, 11) is 1.50. The Morgan fingerprint density at radius 1 is 1.14 bits per heavy atom. The molecule has 3 N–H and O–H groups in total. The standard InChI is InChI=1S/C9H8ClN.C8H16O.CH5N/c1-6-3-4-8(5-11)9(10)7(6)2;1-8(9)6-4-2-3-5-7-8;1-2/h3-4H,1-2H3;9H,2-7H2,1H3;2H2,1H3. The minimum absolute atomic E-state index is 0.337. The molecule has 0 aliphatic heterocycles. The Morgan fingerprint density at radius 3 is 2.09 bits per heavy atom. The fourth-order valence-corrected chi connectivity index (χ4v) is 2.61. The first kappa shape index (κ1) is 20.9. The zero-order valence-electron chi connectivity index (χ0n) is 14.2. The predicted octanol–water partition coefficient (Wildman–Crippen LogP) is 4.50. The molecule has 1 aromatic rings. The Balaban J connectivity index is 0.000000366. The van der Waals surface area contributed by atoms with Crippen LogP contribution in [0.5, 0.6) is 0 Å². The first-order valence-corrected chi connectivity index (χ1v) is 8.21. The number of nitriles is 1. The molecule has 0 heterocycles. The summed E-state index contributed by atoms with van der Waals surface area (Å²) in [5, 5.41) is 18.7. The summed E-state index contributed by atoms with van der Waals surface area (Å²) in [6.07, 6.45) is 7.08. The second-order valence-electron chi connectivity index (χ2n) is 5.89. The molecule has 0 aromatic heterocycles. The molecule has 22 heavy (non-hydrogen) atoms. The van der Waals surface area contributed by atoms with E-state index in [1.54, 1.807) is 6.07 Å². The second-order valence-corrected chi connectivity index (χ2v) is 6.27. The van der Waals surface area contributed by atoms with Crippen LogP contribution in [0, 0.1) is 25.2 Å². The largest absolute Gasteiger partial charge is 0.390 e. The molecule has 1 aliphatic carbocycles. The minimum atomic E-state index is -0.337. The third-order valence-corrected chi connectivity index (χ3v) is 4.45. The van der Waals surface area contributed by atoms with Gasteiger partial charge in [0.05, 0.1) is 16.2 Å². The number of rotatable bonds is 0. The van der Waals surface area contributed by atoms with Crippen LogP contribution >= 0.6 is 11.6 Å². The van der Waals surface area contributed by atoms with Crippen LogP contribution in [0.1, 0.15) is 62.1 Å². The molecule has 0 saturated heterocycles. The van der Waals surface area contributed by atoms with Crippen LogP contribution in [0.25, 0.3) is 0 Å². The molecule has 1 saturated carbocycles. The molecular formula is C18H29ClN2O. The molecule has 3 nitrogen and oxygen atoms in total. The van der Waals surface area contributed by atoms with Gasteiger partial charge in [-0.05, 0) is 57.9 Å². The maximum Gasteiger partial charge on any atom is 0.101 e. The molecule has 4 heteroatoms. The number of nitrogens with two attached hydrogens (primary N) is 1. The number of hydrogen-bond donors (Lipinski definition) is 2. The van der Waals surface area contributed by atoms with E-state index in [-0.39, 0.29) is 5.60 Å². The molecular weight excluding hydrogens is 296 g/mol. The van der Waals surface area contributed by atoms with E-state index >= 15 is 0 Å². The van der Waals surface area contributed by atoms with Crippen LogP contribution in [0.2, 0.25) is 5.02 Å². The second kappa shape index (κ2) is 10.6. The highest BCUT2D eigenvalue weighted by Gasteiger charge is 2.20. The van der Waals surface area contributed by atoms with E-state index in [1.807, 2.05) is 32.9 Å². The van der Waals surface area contributed by atoms with E-state index in [0.717, 1.165) is 24.0 Å². The van der Waals surface area contributed by atoms with Gasteiger partial charge in [0.1, 0.15) is 6.07 Å². The lowest BCUT2D eigenvalue weighted by Gasteiger charge is -2.19. The molecule has 124 valence electrons. The number of hydrogen-bond acceptors (Lipinski definition) is 3. The predicted molar refractivity (Wildman–Crippen MR) is 94.1 cm³/mol. The van der Waals surface area contributed by atoms with Gasteiger partial charge in [0.2, 0.25) is 0 Å². The van der Waals surface area contributed by atoms with Crippen LogP contribution in [-0.2, 0) is 0 Å². The third kappa shape index (κ3) is 7.26. The van der Waals surface area contributed by atoms with Gasteiger partial charge in [0.15, 0.2) is 0 Å². The first-order valence-electron chi connectivity index (χ1n) is 7.83. The summed E-state index contributed by atoms with van der Waals surface area (Å²) in [5.74, 6) is 0. The molecule has 0 amide bonds. The maximum atomic E-state index is 9.55. The van der Waals surface area contributed by atoms with Gasteiger partial charge in [-0.1, -0.05) is 43.4 Å². The Hall–Kier alpha value is -1.08. The quantitative estimate of drug-likeness (QED) is 0.690. The number of aliphatic hydroxyl groups is 1. The van der Waals surface area contributed by atoms with E-state index in [4.69, 9.17) is 16.9 Å². The van der Waals surface area contributed by atoms with Crippen molar-refractivity contribution in [2.75, 3.05) is 7.05 Å². The molecule has 2 rings (SSSR count). The monoisotopic (exact) mass is 324 g/mol. The van der Waals surface area contributed by atoms with Crippen molar-refractivity contribution in [2.24, 2.45) is 5.73 Å². The van der Waals surface area contributed by atoms with Gasteiger partial charge in [0.25, 0.3) is 0 Å². The lowest BCUT2D eigenvalue weighted by Crippen LogP contribution is -2.21. The van der Waals surface area contributed by atoms with Crippen LogP contribution < -0.4 is 5.73 Å². The summed E-state index contributed by atoms with van der Waals surface area (Å²) in [6, 6.07) is 5.67. The highest BCUT2D eigenvalue weighted by Crippen LogP contribution is 2.25. The number of nitrogens with zero attached hydrogens (tertiary/aromatic N) is 1. The molecule has 0 atom stereocenters. The lowest BCUT2D eigenvalue weighted by atomic mass is 9.98. The van der Waals surface area contributed by atoms with Crippen LogP contribution in [-0.4, -0.2) is 17.8 Å². The Kier molecular flexibility index (Phi) is 10.1. The Labute approximate surface area is 140 Å². The van der Waals surface area contributed by atoms with Gasteiger partial charge in [-0.3, -0.25) is 0 Å². The lowest BCUT2D eigenvalue weighted by molar-refractivity contribution is 0.0444. The summed E-state index contributed by atoms with van der Waals surface area (Å²) >= 11 is 5.88. The van der Waals surface area contributed by atoms with Gasteiger partial charge >= 0.3 is 0 Å². The average Bonchev–Trinajstić information content (AvgIpc) is 2.71. The zero-order valence-corrected chi connectivity index (χ0v) is 15.0. The van der Waals surface area contributed by atoms with Crippen molar-refractivity contribution in [3.8, 4) is 6.07 Å². The van der Waals surface area contributed by atoms with Crippen molar-refractivity contribution in [3.05, 3.63) is 33.8 Å². The van der Waals surface area contributed by atoms with Gasteiger partial charge in [-0.15, -0.1) is 0 Å². The molecule has 0 radical (unpaired) electrons. The van der Waals surface area contributed by atoms with E-state index < -0.39 is 0 Å². The smallest absolute Gasteiger partial charge is 0.101 e. The summed E-state index contributed by atoms with van der Waals surface area (Å²) < 4.78 is 0. The van der Waals surface area contributed by atoms with E-state index in [1.165, 1.54) is 32.7 Å². The van der Waals surface area contributed by atoms with Crippen molar-refractivity contribution in [1.82, 2.24) is 0 Å². The molecule has 0 spiro atoms. The summed E-state index contributed by atoms with van der Waals surface area (Å²) in [4.78, 5) is 0. The maximum absolute atomic E-state index is 9.55. The van der Waals surface area contributed by atoms with E-state index in [2.05, 4.69) is 5.73 Å². The normalized spacial score (nSPS) is 16.1. The number of halogens is 1. The fourth-order valence-electron chi connectivity index (χ4n) is 2.36. The minimum Gasteiger partial charge on any atom is -0.390 e. The number of benzene rings is 1. The van der Waals surface area contributed by atoms with Crippen LogP contribution in [0.15, 0.2) is 12.1 Å². The highest BCUT2D eigenvalue weighted by atomic mass is 35.5. The van der Waals surface area contributed by atoms with E-state index in [9.17, 15) is 5.11 Å². The van der Waals surface area contributed by atoms with Crippen molar-refractivity contribution in [2.45, 2.75) is 64.9 Å². The molecule has 0 unspecified atom stereocenters. The van der Waals surface area contributed by atoms with E-state index in [0.29, 0.717) is 10.6 Å². The molecule has 1 fully saturated rings. The zero-order chi connectivity index (χ0) is 17.2. The number of aryl methyl sites for hydroxylation is 1. The third-order valence-electron chi connectivity index (χ3n) is 3.96. The van der Waals surface area contributed by atoms with Crippen molar-refractivity contribution in [1.29, 1.82) is 5.26 Å². The van der Waals surface area contributed by atoms with Crippen molar-refractivity contribution < 1.29 is 5.11 Å². The van der Waals surface area contributed by atoms with Crippen LogP contribution in [0.3, 0.4) is 0 Å². The highest BCUT2D eigenvalue weighted by molar-refractivity contribution is 6.32. The molecule has 0 bridgehead atoms. The topological polar surface area (TPSA) is 70.0 Å². The summed E-state index contributed by atoms with van der Waals surface area (Å²) in [5.41, 5.74) is 6.82. The molecule has 1 aliphatic rings. The van der Waals surface area contributed by atoms with Crippen molar-refractivity contribution >= 4 is 11.6 Å². The SMILES string of the molecule is CC1(O)CCCCCC1.CN.Cc1ccc(C#N)c(Cl)c1C. The fraction of sp³-hybridized carbons (Fsp3) is 0.611. The average molecular weight is 325 g/mol.